The molecule has 0 bridgehead atoms. The summed E-state index contributed by atoms with van der Waals surface area (Å²) in [7, 11) is -4.07. The number of rotatable bonds is 9. The van der Waals surface area contributed by atoms with Crippen molar-refractivity contribution in [2.75, 3.05) is 23.7 Å². The van der Waals surface area contributed by atoms with Crippen LogP contribution >= 0.6 is 23.2 Å². The molecule has 0 spiro atoms. The Morgan fingerprint density at radius 2 is 1.76 bits per heavy atom. The number of hydrogen-bond acceptors (Lipinski definition) is 4. The Hall–Kier alpha value is -2.43. The lowest BCUT2D eigenvalue weighted by Gasteiger charge is -2.31. The molecule has 180 valence electrons. The van der Waals surface area contributed by atoms with Crippen molar-refractivity contribution in [1.29, 1.82) is 0 Å². The normalized spacial score (nSPS) is 12.2. The van der Waals surface area contributed by atoms with E-state index in [1.54, 1.807) is 19.1 Å². The van der Waals surface area contributed by atoms with Crippen molar-refractivity contribution >= 4 is 50.7 Å². The van der Waals surface area contributed by atoms with Crippen LogP contribution in [0.15, 0.2) is 36.4 Å². The number of carbonyl (C=O) groups is 2. The number of benzene rings is 2. The van der Waals surface area contributed by atoms with Gasteiger partial charge in [0.15, 0.2) is 11.6 Å². The molecule has 33 heavy (non-hydrogen) atoms. The van der Waals surface area contributed by atoms with Crippen LogP contribution in [0.5, 0.6) is 0 Å². The Bertz CT molecular complexity index is 1150. The molecule has 7 nitrogen and oxygen atoms in total. The van der Waals surface area contributed by atoms with Crippen molar-refractivity contribution in [3.05, 3.63) is 63.6 Å². The van der Waals surface area contributed by atoms with E-state index in [0.717, 1.165) is 23.3 Å². The van der Waals surface area contributed by atoms with Gasteiger partial charge in [-0.2, -0.15) is 0 Å². The zero-order chi connectivity index (χ0) is 24.9. The zero-order valence-corrected chi connectivity index (χ0v) is 20.4. The first kappa shape index (κ1) is 26.8. The lowest BCUT2D eigenvalue weighted by Crippen LogP contribution is -2.51. The van der Waals surface area contributed by atoms with Crippen molar-refractivity contribution in [2.24, 2.45) is 0 Å². The monoisotopic (exact) mass is 521 g/mol. The van der Waals surface area contributed by atoms with E-state index in [2.05, 4.69) is 5.32 Å². The Kier molecular flexibility index (Phi) is 9.04. The van der Waals surface area contributed by atoms with E-state index in [4.69, 9.17) is 23.2 Å². The molecule has 0 aromatic heterocycles. The van der Waals surface area contributed by atoms with Crippen molar-refractivity contribution < 1.29 is 26.8 Å². The van der Waals surface area contributed by atoms with Crippen LogP contribution in [0.1, 0.15) is 19.4 Å². The van der Waals surface area contributed by atoms with Gasteiger partial charge in [-0.25, -0.2) is 17.2 Å². The summed E-state index contributed by atoms with van der Waals surface area (Å²) in [5.41, 5.74) is 0.240. The maximum atomic E-state index is 13.7. The van der Waals surface area contributed by atoms with E-state index in [-0.39, 0.29) is 17.3 Å². The topological polar surface area (TPSA) is 86.8 Å². The number of likely N-dealkylation sites (N-methyl/N-ethyl adjacent to an activating group) is 1. The molecule has 12 heteroatoms. The van der Waals surface area contributed by atoms with Gasteiger partial charge in [-0.05, 0) is 43.7 Å². The molecule has 0 radical (unpaired) electrons. The summed E-state index contributed by atoms with van der Waals surface area (Å²) in [6.07, 6.45) is 0.829. The fourth-order valence-electron chi connectivity index (χ4n) is 2.99. The van der Waals surface area contributed by atoms with Gasteiger partial charge in [0.05, 0.1) is 11.9 Å². The highest BCUT2D eigenvalue weighted by Crippen LogP contribution is 2.25. The first-order valence-corrected chi connectivity index (χ1v) is 12.4. The largest absolute Gasteiger partial charge is 0.355 e. The van der Waals surface area contributed by atoms with Crippen LogP contribution in [-0.4, -0.2) is 50.5 Å². The van der Waals surface area contributed by atoms with Gasteiger partial charge in [0.2, 0.25) is 21.8 Å². The Labute approximate surface area is 201 Å². The van der Waals surface area contributed by atoms with E-state index < -0.39 is 46.1 Å². The predicted octanol–water partition coefficient (Wildman–Crippen LogP) is 3.59. The van der Waals surface area contributed by atoms with Crippen molar-refractivity contribution in [3.63, 3.8) is 0 Å². The third-order valence-electron chi connectivity index (χ3n) is 4.74. The molecule has 0 unspecified atom stereocenters. The lowest BCUT2D eigenvalue weighted by molar-refractivity contribution is -0.139. The van der Waals surface area contributed by atoms with E-state index in [0.29, 0.717) is 27.5 Å². The van der Waals surface area contributed by atoms with Crippen LogP contribution in [0.4, 0.5) is 14.5 Å². The second-order valence-corrected chi connectivity index (χ2v) is 9.95. The van der Waals surface area contributed by atoms with Gasteiger partial charge in [0, 0.05) is 29.2 Å². The molecule has 0 heterocycles. The molecule has 0 aliphatic carbocycles. The molecule has 0 aliphatic heterocycles. The fourth-order valence-corrected chi connectivity index (χ4v) is 4.30. The van der Waals surface area contributed by atoms with Gasteiger partial charge in [0.1, 0.15) is 12.6 Å². The lowest BCUT2D eigenvalue weighted by atomic mass is 10.1. The Balaban J connectivity index is 2.43. The standard InChI is InChI=1S/C21H23Cl2F2N3O4S/c1-4-26-21(30)13(2)27(11-14-5-6-15(22)9-17(14)23)20(29)12-28(33(3,31)32)16-7-8-18(24)19(25)10-16/h5-10,13H,4,11-12H2,1-3H3,(H,26,30)/t13-/m1/s1. The van der Waals surface area contributed by atoms with Gasteiger partial charge >= 0.3 is 0 Å². The van der Waals surface area contributed by atoms with Crippen molar-refractivity contribution in [1.82, 2.24) is 10.2 Å². The quantitative estimate of drug-likeness (QED) is 0.546. The summed E-state index contributed by atoms with van der Waals surface area (Å²) in [5, 5.41) is 3.24. The Morgan fingerprint density at radius 3 is 2.30 bits per heavy atom. The molecule has 2 amide bonds. The highest BCUT2D eigenvalue weighted by molar-refractivity contribution is 7.92. The molecule has 1 atom stereocenters. The number of nitrogens with one attached hydrogen (secondary N) is 1. The highest BCUT2D eigenvalue weighted by atomic mass is 35.5. The van der Waals surface area contributed by atoms with Crippen molar-refractivity contribution in [2.45, 2.75) is 26.4 Å². The molecule has 0 saturated heterocycles. The molecular weight excluding hydrogens is 499 g/mol. The zero-order valence-electron chi connectivity index (χ0n) is 18.1. The molecule has 0 fully saturated rings. The minimum absolute atomic E-state index is 0.123. The van der Waals surface area contributed by atoms with Crippen LogP contribution in [0, 0.1) is 11.6 Å². The number of carbonyl (C=O) groups excluding carboxylic acids is 2. The maximum absolute atomic E-state index is 13.7. The second kappa shape index (κ2) is 11.1. The number of sulfonamides is 1. The minimum atomic E-state index is -4.07. The number of anilines is 1. The SMILES string of the molecule is CCNC(=O)[C@@H](C)N(Cc1ccc(Cl)cc1Cl)C(=O)CN(c1ccc(F)c(F)c1)S(C)(=O)=O. The van der Waals surface area contributed by atoms with Gasteiger partial charge in [0.25, 0.3) is 0 Å². The number of hydrogen-bond donors (Lipinski definition) is 1. The molecule has 2 aromatic rings. The molecule has 0 saturated carbocycles. The summed E-state index contributed by atoms with van der Waals surface area (Å²) in [4.78, 5) is 26.9. The first-order chi connectivity index (χ1) is 15.3. The maximum Gasteiger partial charge on any atom is 0.244 e. The number of halogens is 4. The molecule has 0 aliphatic rings. The molecule has 1 N–H and O–H groups in total. The summed E-state index contributed by atoms with van der Waals surface area (Å²) in [6, 6.07) is 6.11. The number of amides is 2. The molecule has 2 aromatic carbocycles. The highest BCUT2D eigenvalue weighted by Gasteiger charge is 2.30. The van der Waals surface area contributed by atoms with E-state index in [9.17, 15) is 26.8 Å². The summed E-state index contributed by atoms with van der Waals surface area (Å²) >= 11 is 12.1. The minimum Gasteiger partial charge on any atom is -0.355 e. The smallest absolute Gasteiger partial charge is 0.244 e. The van der Waals surface area contributed by atoms with Crippen LogP contribution in [0.2, 0.25) is 10.0 Å². The Morgan fingerprint density at radius 1 is 1.09 bits per heavy atom. The van der Waals surface area contributed by atoms with Gasteiger partial charge in [-0.1, -0.05) is 29.3 Å². The average Bonchev–Trinajstić information content (AvgIpc) is 2.72. The summed E-state index contributed by atoms with van der Waals surface area (Å²) in [6.45, 7) is 2.63. The predicted molar refractivity (Wildman–Crippen MR) is 124 cm³/mol. The van der Waals surface area contributed by atoms with Gasteiger partial charge < -0.3 is 10.2 Å². The molecular formula is C21H23Cl2F2N3O4S. The van der Waals surface area contributed by atoms with Crippen molar-refractivity contribution in [3.8, 4) is 0 Å². The van der Waals surface area contributed by atoms with Crippen LogP contribution in [0.25, 0.3) is 0 Å². The van der Waals surface area contributed by atoms with E-state index in [1.165, 1.54) is 13.0 Å². The first-order valence-electron chi connectivity index (χ1n) is 9.79. The van der Waals surface area contributed by atoms with Crippen LogP contribution in [0.3, 0.4) is 0 Å². The van der Waals surface area contributed by atoms with E-state index >= 15 is 0 Å². The summed E-state index contributed by atoms with van der Waals surface area (Å²) < 4.78 is 52.4. The van der Waals surface area contributed by atoms with Gasteiger partial charge in [-0.15, -0.1) is 0 Å². The molecule has 2 rings (SSSR count). The second-order valence-electron chi connectivity index (χ2n) is 7.20. The third-order valence-corrected chi connectivity index (χ3v) is 6.47. The summed E-state index contributed by atoms with van der Waals surface area (Å²) in [5.74, 6) is -3.65. The van der Waals surface area contributed by atoms with Crippen LogP contribution < -0.4 is 9.62 Å². The third kappa shape index (κ3) is 7.02. The van der Waals surface area contributed by atoms with Gasteiger partial charge in [-0.3, -0.25) is 13.9 Å². The average molecular weight is 522 g/mol. The van der Waals surface area contributed by atoms with E-state index in [1.807, 2.05) is 0 Å². The van der Waals surface area contributed by atoms with Crippen LogP contribution in [-0.2, 0) is 26.2 Å². The number of nitrogens with zero attached hydrogens (tertiary/aromatic N) is 2. The fraction of sp³-hybridized carbons (Fsp3) is 0.333.